The number of carboxylic acids is 1. The van der Waals surface area contributed by atoms with Gasteiger partial charge in [0.15, 0.2) is 11.9 Å². The summed E-state index contributed by atoms with van der Waals surface area (Å²) in [5.41, 5.74) is 16.3. The van der Waals surface area contributed by atoms with Crippen LogP contribution in [0.1, 0.15) is 46.0 Å². The lowest BCUT2D eigenvalue weighted by molar-refractivity contribution is -0.143. The average Bonchev–Trinajstić information content (AvgIpc) is 2.69. The van der Waals surface area contributed by atoms with Gasteiger partial charge >= 0.3 is 5.97 Å². The molecule has 0 aromatic heterocycles. The molecule has 2 amide bonds. The van der Waals surface area contributed by atoms with Gasteiger partial charge in [0.2, 0.25) is 11.8 Å². The molecular weight excluding hydrogens is 406 g/mol. The Morgan fingerprint density at radius 2 is 1.45 bits per heavy atom. The number of carbonyl (C=O) groups excluding carboxylic acids is 2. The molecule has 13 heteroatoms. The van der Waals surface area contributed by atoms with Crippen molar-refractivity contribution in [1.82, 2.24) is 21.3 Å². The van der Waals surface area contributed by atoms with Crippen molar-refractivity contribution in [1.29, 1.82) is 10.8 Å². The van der Waals surface area contributed by atoms with E-state index in [-0.39, 0.29) is 24.3 Å². The number of hydrogen-bond donors (Lipinski definition) is 10. The number of nitrogens with two attached hydrogens (primary N) is 3. The Labute approximate surface area is 182 Å². The van der Waals surface area contributed by atoms with Crippen molar-refractivity contribution < 1.29 is 19.5 Å². The molecule has 0 aromatic rings. The maximum absolute atomic E-state index is 12.7. The standard InChI is InChI=1S/C18H37N9O4/c1-3-10(2)13(16(30)31)27-15(29)12(7-5-9-25-18(22)23)26-14(28)11(19)6-4-8-24-17(20)21/h10-13H,3-9,19H2,1-2H3,(H,26,28)(H,27,29)(H,30,31)(H4,20,21,24)(H4,22,23,25)/t10-,11+,12+,13-/m0/s1. The highest BCUT2D eigenvalue weighted by Crippen LogP contribution is 2.09. The number of guanidine groups is 2. The normalized spacial score (nSPS) is 14.4. The van der Waals surface area contributed by atoms with Gasteiger partial charge in [0.05, 0.1) is 6.04 Å². The zero-order chi connectivity index (χ0) is 24.0. The zero-order valence-electron chi connectivity index (χ0n) is 18.2. The fourth-order valence-corrected chi connectivity index (χ4v) is 2.69. The minimum Gasteiger partial charge on any atom is -0.480 e. The van der Waals surface area contributed by atoms with Crippen LogP contribution >= 0.6 is 0 Å². The highest BCUT2D eigenvalue weighted by molar-refractivity contribution is 5.91. The lowest BCUT2D eigenvalue weighted by Gasteiger charge is -2.25. The van der Waals surface area contributed by atoms with Gasteiger partial charge in [-0.1, -0.05) is 20.3 Å². The molecule has 4 atom stereocenters. The van der Waals surface area contributed by atoms with Crippen LogP contribution in [0.25, 0.3) is 0 Å². The number of nitrogens with one attached hydrogen (secondary N) is 6. The molecule has 0 aliphatic heterocycles. The van der Waals surface area contributed by atoms with Crippen LogP contribution < -0.4 is 38.5 Å². The van der Waals surface area contributed by atoms with E-state index < -0.39 is 35.9 Å². The predicted octanol–water partition coefficient (Wildman–Crippen LogP) is -2.06. The Balaban J connectivity index is 5.02. The van der Waals surface area contributed by atoms with E-state index in [0.29, 0.717) is 38.8 Å². The Morgan fingerprint density at radius 3 is 1.90 bits per heavy atom. The summed E-state index contributed by atoms with van der Waals surface area (Å²) < 4.78 is 0. The highest BCUT2D eigenvalue weighted by Gasteiger charge is 2.30. The maximum atomic E-state index is 12.7. The van der Waals surface area contributed by atoms with Gasteiger partial charge in [0.25, 0.3) is 0 Å². The average molecular weight is 444 g/mol. The van der Waals surface area contributed by atoms with Gasteiger partial charge in [-0.15, -0.1) is 0 Å². The van der Waals surface area contributed by atoms with E-state index >= 15 is 0 Å². The molecule has 0 heterocycles. The lowest BCUT2D eigenvalue weighted by Crippen LogP contribution is -2.55. The Hall–Kier alpha value is -3.09. The number of amides is 2. The second kappa shape index (κ2) is 14.8. The minimum absolute atomic E-state index is 0.178. The smallest absolute Gasteiger partial charge is 0.326 e. The summed E-state index contributed by atoms with van der Waals surface area (Å²) in [6.45, 7) is 4.23. The maximum Gasteiger partial charge on any atom is 0.326 e. The molecule has 0 spiro atoms. The van der Waals surface area contributed by atoms with Crippen LogP contribution in [-0.2, 0) is 14.4 Å². The first-order chi connectivity index (χ1) is 14.5. The number of rotatable bonds is 15. The van der Waals surface area contributed by atoms with Crippen LogP contribution in [0.15, 0.2) is 0 Å². The van der Waals surface area contributed by atoms with Gasteiger partial charge in [-0.25, -0.2) is 4.79 Å². The summed E-state index contributed by atoms with van der Waals surface area (Å²) in [7, 11) is 0. The molecule has 0 unspecified atom stereocenters. The van der Waals surface area contributed by atoms with E-state index in [2.05, 4.69) is 21.3 Å². The van der Waals surface area contributed by atoms with E-state index in [4.69, 9.17) is 28.0 Å². The van der Waals surface area contributed by atoms with Gasteiger partial charge in [0, 0.05) is 13.1 Å². The molecule has 178 valence electrons. The molecule has 0 aliphatic rings. The van der Waals surface area contributed by atoms with Crippen LogP contribution in [0.2, 0.25) is 0 Å². The summed E-state index contributed by atoms with van der Waals surface area (Å²) >= 11 is 0. The highest BCUT2D eigenvalue weighted by atomic mass is 16.4. The third-order valence-electron chi connectivity index (χ3n) is 4.74. The first-order valence-corrected chi connectivity index (χ1v) is 10.2. The lowest BCUT2D eigenvalue weighted by atomic mass is 9.98. The van der Waals surface area contributed by atoms with Gasteiger partial charge in [-0.2, -0.15) is 0 Å². The summed E-state index contributed by atoms with van der Waals surface area (Å²) in [5.74, 6) is -3.00. The molecule has 0 radical (unpaired) electrons. The van der Waals surface area contributed by atoms with Crippen molar-refractivity contribution in [3.05, 3.63) is 0 Å². The summed E-state index contributed by atoms with van der Waals surface area (Å²) in [5, 5.41) is 34.0. The largest absolute Gasteiger partial charge is 0.480 e. The second-order valence-corrected chi connectivity index (χ2v) is 7.34. The van der Waals surface area contributed by atoms with Crippen molar-refractivity contribution in [3.63, 3.8) is 0 Å². The van der Waals surface area contributed by atoms with E-state index in [1.54, 1.807) is 6.92 Å². The minimum atomic E-state index is -1.15. The van der Waals surface area contributed by atoms with Crippen LogP contribution in [0.4, 0.5) is 0 Å². The van der Waals surface area contributed by atoms with Crippen LogP contribution in [0, 0.1) is 16.7 Å². The van der Waals surface area contributed by atoms with Crippen molar-refractivity contribution in [2.75, 3.05) is 13.1 Å². The molecule has 0 aliphatic carbocycles. The van der Waals surface area contributed by atoms with Crippen molar-refractivity contribution in [2.45, 2.75) is 64.1 Å². The van der Waals surface area contributed by atoms with Crippen LogP contribution in [0.3, 0.4) is 0 Å². The molecule has 0 aromatic carbocycles. The molecule has 0 fully saturated rings. The van der Waals surface area contributed by atoms with Crippen LogP contribution in [0.5, 0.6) is 0 Å². The molecule has 31 heavy (non-hydrogen) atoms. The third-order valence-corrected chi connectivity index (χ3v) is 4.74. The van der Waals surface area contributed by atoms with Crippen molar-refractivity contribution in [3.8, 4) is 0 Å². The number of aliphatic carboxylic acids is 1. The third kappa shape index (κ3) is 12.3. The molecule has 0 bridgehead atoms. The van der Waals surface area contributed by atoms with E-state index in [9.17, 15) is 19.5 Å². The van der Waals surface area contributed by atoms with E-state index in [0.717, 1.165) is 0 Å². The second-order valence-electron chi connectivity index (χ2n) is 7.34. The van der Waals surface area contributed by atoms with Gasteiger partial charge in [0.1, 0.15) is 12.1 Å². The van der Waals surface area contributed by atoms with Crippen molar-refractivity contribution in [2.24, 2.45) is 23.1 Å². The fourth-order valence-electron chi connectivity index (χ4n) is 2.69. The SMILES string of the molecule is CC[C@H](C)[C@H](NC(=O)[C@@H](CCCNC(=N)N)NC(=O)[C@H](N)CCCNC(=N)N)C(=O)O. The fraction of sp³-hybridized carbons (Fsp3) is 0.722. The van der Waals surface area contributed by atoms with E-state index in [1.165, 1.54) is 0 Å². The van der Waals surface area contributed by atoms with Crippen LogP contribution in [-0.4, -0.2) is 66.0 Å². The molecule has 0 saturated heterocycles. The van der Waals surface area contributed by atoms with Gasteiger partial charge in [-0.05, 0) is 31.6 Å². The first-order valence-electron chi connectivity index (χ1n) is 10.2. The Kier molecular flexibility index (Phi) is 13.3. The quantitative estimate of drug-likeness (QED) is 0.0758. The number of carbonyl (C=O) groups is 3. The molecule has 0 rings (SSSR count). The summed E-state index contributed by atoms with van der Waals surface area (Å²) in [6, 6.07) is -2.96. The summed E-state index contributed by atoms with van der Waals surface area (Å²) in [6.07, 6.45) is 1.94. The molecular formula is C18H37N9O4. The molecule has 0 saturated carbocycles. The number of hydrogen-bond acceptors (Lipinski definition) is 6. The Morgan fingerprint density at radius 1 is 0.935 bits per heavy atom. The predicted molar refractivity (Wildman–Crippen MR) is 117 cm³/mol. The van der Waals surface area contributed by atoms with E-state index in [1.807, 2.05) is 6.92 Å². The zero-order valence-corrected chi connectivity index (χ0v) is 18.2. The van der Waals surface area contributed by atoms with Gasteiger partial charge < -0.3 is 43.6 Å². The summed E-state index contributed by atoms with van der Waals surface area (Å²) in [4.78, 5) is 36.7. The first kappa shape index (κ1) is 27.9. The Bertz CT molecular complexity index is 629. The molecule has 13 nitrogen and oxygen atoms in total. The monoisotopic (exact) mass is 443 g/mol. The van der Waals surface area contributed by atoms with Gasteiger partial charge in [-0.3, -0.25) is 20.4 Å². The number of carboxylic acid groups (broad SMARTS) is 1. The topological polar surface area (TPSA) is 245 Å². The molecule has 13 N–H and O–H groups in total. The van der Waals surface area contributed by atoms with Crippen molar-refractivity contribution >= 4 is 29.7 Å².